The molecule has 1 aromatic rings. The van der Waals surface area contributed by atoms with E-state index in [2.05, 4.69) is 0 Å². The third kappa shape index (κ3) is 1.90. The summed E-state index contributed by atoms with van der Waals surface area (Å²) < 4.78 is 5.27. The van der Waals surface area contributed by atoms with Gasteiger partial charge in [-0.05, 0) is 31.0 Å². The van der Waals surface area contributed by atoms with Crippen LogP contribution in [0.3, 0.4) is 0 Å². The molecular formula is C12H16ClNO2. The molecule has 1 aromatic carbocycles. The predicted molar refractivity (Wildman–Crippen MR) is 63.7 cm³/mol. The van der Waals surface area contributed by atoms with Crippen molar-refractivity contribution in [3.63, 3.8) is 0 Å². The van der Waals surface area contributed by atoms with Gasteiger partial charge in [0.05, 0.1) is 13.7 Å². The van der Waals surface area contributed by atoms with E-state index in [1.54, 1.807) is 13.2 Å². The quantitative estimate of drug-likeness (QED) is 0.849. The van der Waals surface area contributed by atoms with Gasteiger partial charge in [0, 0.05) is 22.0 Å². The van der Waals surface area contributed by atoms with E-state index in [-0.39, 0.29) is 18.1 Å². The van der Waals surface area contributed by atoms with Crippen LogP contribution in [0, 0.1) is 5.41 Å². The van der Waals surface area contributed by atoms with Crippen LogP contribution in [-0.4, -0.2) is 18.8 Å². The van der Waals surface area contributed by atoms with Gasteiger partial charge in [-0.3, -0.25) is 0 Å². The van der Waals surface area contributed by atoms with E-state index in [0.29, 0.717) is 5.02 Å². The van der Waals surface area contributed by atoms with E-state index in [9.17, 15) is 5.11 Å². The molecule has 16 heavy (non-hydrogen) atoms. The minimum absolute atomic E-state index is 0.115. The lowest BCUT2D eigenvalue weighted by Crippen LogP contribution is -2.26. The van der Waals surface area contributed by atoms with Gasteiger partial charge in [0.25, 0.3) is 0 Å². The van der Waals surface area contributed by atoms with Crippen molar-refractivity contribution in [3.05, 3.63) is 28.8 Å². The molecule has 1 aliphatic rings. The molecule has 0 saturated heterocycles. The zero-order chi connectivity index (χ0) is 11.8. The second-order valence-corrected chi connectivity index (χ2v) is 4.82. The van der Waals surface area contributed by atoms with Gasteiger partial charge in [-0.15, -0.1) is 0 Å². The van der Waals surface area contributed by atoms with Crippen molar-refractivity contribution >= 4 is 11.6 Å². The van der Waals surface area contributed by atoms with Crippen LogP contribution in [0.4, 0.5) is 0 Å². The van der Waals surface area contributed by atoms with Crippen LogP contribution in [-0.2, 0) is 0 Å². The lowest BCUT2D eigenvalue weighted by atomic mass is 9.91. The van der Waals surface area contributed by atoms with Crippen LogP contribution in [0.1, 0.15) is 24.4 Å². The predicted octanol–water partition coefficient (Wildman–Crippen LogP) is 2.12. The Kier molecular flexibility index (Phi) is 3.10. The lowest BCUT2D eigenvalue weighted by Gasteiger charge is -2.23. The SMILES string of the molecule is COc1ccc(Cl)cc1C(N)C1(CO)CC1. The van der Waals surface area contributed by atoms with Gasteiger partial charge >= 0.3 is 0 Å². The molecule has 4 heteroatoms. The molecule has 0 bridgehead atoms. The highest BCUT2D eigenvalue weighted by molar-refractivity contribution is 6.30. The molecule has 2 rings (SSSR count). The average molecular weight is 242 g/mol. The monoisotopic (exact) mass is 241 g/mol. The van der Waals surface area contributed by atoms with Crippen LogP contribution in [0.2, 0.25) is 5.02 Å². The molecule has 1 atom stereocenters. The van der Waals surface area contributed by atoms with Gasteiger partial charge in [0.1, 0.15) is 5.75 Å². The number of ether oxygens (including phenoxy) is 1. The maximum Gasteiger partial charge on any atom is 0.123 e. The third-order valence-electron chi connectivity index (χ3n) is 3.39. The second-order valence-electron chi connectivity index (χ2n) is 4.38. The molecule has 88 valence electrons. The summed E-state index contributed by atoms with van der Waals surface area (Å²) in [4.78, 5) is 0. The molecule has 0 aliphatic heterocycles. The standard InChI is InChI=1S/C12H16ClNO2/c1-16-10-3-2-8(13)6-9(10)11(14)12(7-15)4-5-12/h2-3,6,11,15H,4-5,7,14H2,1H3. The van der Waals surface area contributed by atoms with Gasteiger partial charge in [-0.2, -0.15) is 0 Å². The summed E-state index contributed by atoms with van der Waals surface area (Å²) in [5.74, 6) is 0.733. The Hall–Kier alpha value is -0.770. The molecule has 1 fully saturated rings. The van der Waals surface area contributed by atoms with Crippen molar-refractivity contribution in [1.82, 2.24) is 0 Å². The van der Waals surface area contributed by atoms with E-state index in [1.165, 1.54) is 0 Å². The Labute approximate surface area is 100 Å². The summed E-state index contributed by atoms with van der Waals surface area (Å²) in [6.07, 6.45) is 1.92. The topological polar surface area (TPSA) is 55.5 Å². The number of hydrogen-bond acceptors (Lipinski definition) is 3. The number of benzene rings is 1. The summed E-state index contributed by atoms with van der Waals surface area (Å²) in [5.41, 5.74) is 6.90. The number of aliphatic hydroxyl groups excluding tert-OH is 1. The zero-order valence-electron chi connectivity index (χ0n) is 9.24. The van der Waals surface area contributed by atoms with Crippen molar-refractivity contribution in [2.75, 3.05) is 13.7 Å². The smallest absolute Gasteiger partial charge is 0.123 e. The van der Waals surface area contributed by atoms with Crippen LogP contribution >= 0.6 is 11.6 Å². The summed E-state index contributed by atoms with van der Waals surface area (Å²) in [6, 6.07) is 5.19. The van der Waals surface area contributed by atoms with Gasteiger partial charge in [-0.25, -0.2) is 0 Å². The first-order valence-corrected chi connectivity index (χ1v) is 5.70. The van der Waals surface area contributed by atoms with Crippen molar-refractivity contribution in [2.24, 2.45) is 11.1 Å². The molecule has 0 radical (unpaired) electrons. The van der Waals surface area contributed by atoms with E-state index < -0.39 is 0 Å². The fraction of sp³-hybridized carbons (Fsp3) is 0.500. The zero-order valence-corrected chi connectivity index (χ0v) is 10.00. The van der Waals surface area contributed by atoms with Gasteiger partial charge in [0.2, 0.25) is 0 Å². The lowest BCUT2D eigenvalue weighted by molar-refractivity contribution is 0.186. The number of halogens is 1. The summed E-state index contributed by atoms with van der Waals surface area (Å²) >= 11 is 5.96. The Morgan fingerprint density at radius 2 is 2.25 bits per heavy atom. The normalized spacial score (nSPS) is 19.2. The molecule has 3 nitrogen and oxygen atoms in total. The Morgan fingerprint density at radius 3 is 2.75 bits per heavy atom. The number of hydrogen-bond donors (Lipinski definition) is 2. The minimum Gasteiger partial charge on any atom is -0.496 e. The molecule has 0 heterocycles. The minimum atomic E-state index is -0.217. The first kappa shape index (κ1) is 11.7. The van der Waals surface area contributed by atoms with Crippen molar-refractivity contribution in [2.45, 2.75) is 18.9 Å². The highest BCUT2D eigenvalue weighted by atomic mass is 35.5. The van der Waals surface area contributed by atoms with E-state index in [1.807, 2.05) is 12.1 Å². The fourth-order valence-corrected chi connectivity index (χ4v) is 2.19. The van der Waals surface area contributed by atoms with Gasteiger partial charge < -0.3 is 15.6 Å². The number of nitrogens with two attached hydrogens (primary N) is 1. The van der Waals surface area contributed by atoms with E-state index in [0.717, 1.165) is 24.2 Å². The molecule has 1 unspecified atom stereocenters. The molecule has 1 saturated carbocycles. The molecule has 1 aliphatic carbocycles. The van der Waals surface area contributed by atoms with E-state index in [4.69, 9.17) is 22.1 Å². The highest BCUT2D eigenvalue weighted by Gasteiger charge is 2.48. The molecule has 0 aromatic heterocycles. The highest BCUT2D eigenvalue weighted by Crippen LogP contribution is 2.54. The Morgan fingerprint density at radius 1 is 1.56 bits per heavy atom. The maximum atomic E-state index is 9.37. The van der Waals surface area contributed by atoms with Crippen molar-refractivity contribution < 1.29 is 9.84 Å². The molecular weight excluding hydrogens is 226 g/mol. The first-order chi connectivity index (χ1) is 7.63. The van der Waals surface area contributed by atoms with E-state index >= 15 is 0 Å². The van der Waals surface area contributed by atoms with Crippen LogP contribution in [0.15, 0.2) is 18.2 Å². The van der Waals surface area contributed by atoms with Crippen molar-refractivity contribution in [3.8, 4) is 5.75 Å². The second kappa shape index (κ2) is 4.24. The Balaban J connectivity index is 2.35. The van der Waals surface area contributed by atoms with Crippen molar-refractivity contribution in [1.29, 1.82) is 0 Å². The summed E-state index contributed by atoms with van der Waals surface area (Å²) in [5, 5.41) is 10.0. The average Bonchev–Trinajstić information content (AvgIpc) is 3.09. The van der Waals surface area contributed by atoms with Gasteiger partial charge in [0.15, 0.2) is 0 Å². The fourth-order valence-electron chi connectivity index (χ4n) is 2.01. The number of methoxy groups -OCH3 is 1. The first-order valence-electron chi connectivity index (χ1n) is 5.33. The third-order valence-corrected chi connectivity index (χ3v) is 3.63. The van der Waals surface area contributed by atoms with Gasteiger partial charge in [-0.1, -0.05) is 11.6 Å². The largest absolute Gasteiger partial charge is 0.496 e. The maximum absolute atomic E-state index is 9.37. The molecule has 0 spiro atoms. The van der Waals surface area contributed by atoms with Crippen LogP contribution in [0.5, 0.6) is 5.75 Å². The summed E-state index contributed by atoms with van der Waals surface area (Å²) in [7, 11) is 1.61. The summed E-state index contributed by atoms with van der Waals surface area (Å²) in [6.45, 7) is 0.115. The number of rotatable bonds is 4. The molecule has 0 amide bonds. The Bertz CT molecular complexity index is 391. The number of aliphatic hydroxyl groups is 1. The van der Waals surface area contributed by atoms with Crippen LogP contribution < -0.4 is 10.5 Å². The van der Waals surface area contributed by atoms with Crippen LogP contribution in [0.25, 0.3) is 0 Å². The molecule has 3 N–H and O–H groups in total.